The molecule has 1 amide bonds. The summed E-state index contributed by atoms with van der Waals surface area (Å²) in [6, 6.07) is 10.4. The van der Waals surface area contributed by atoms with E-state index >= 15 is 0 Å². The van der Waals surface area contributed by atoms with Crippen LogP contribution in [0.4, 0.5) is 0 Å². The van der Waals surface area contributed by atoms with Gasteiger partial charge in [0.15, 0.2) is 0 Å². The van der Waals surface area contributed by atoms with Gasteiger partial charge < -0.3 is 4.74 Å². The molecule has 0 bridgehead atoms. The molecule has 0 saturated carbocycles. The molecular weight excluding hydrogens is 446 g/mol. The van der Waals surface area contributed by atoms with Crippen molar-refractivity contribution in [3.63, 3.8) is 0 Å². The zero-order valence-corrected chi connectivity index (χ0v) is 19.1. The third-order valence-electron chi connectivity index (χ3n) is 5.86. The maximum absolute atomic E-state index is 13.0. The first kappa shape index (κ1) is 23.3. The van der Waals surface area contributed by atoms with Crippen LogP contribution in [0.15, 0.2) is 42.6 Å². The highest BCUT2D eigenvalue weighted by atomic mass is 32.2. The minimum atomic E-state index is -3.73. The predicted octanol–water partition coefficient (Wildman–Crippen LogP) is 2.17. The molecule has 176 valence electrons. The van der Waals surface area contributed by atoms with Crippen molar-refractivity contribution < 1.29 is 23.2 Å². The van der Waals surface area contributed by atoms with Crippen molar-refractivity contribution in [2.24, 2.45) is 0 Å². The number of hydrogen-bond acceptors (Lipinski definition) is 7. The van der Waals surface area contributed by atoms with Gasteiger partial charge in [0.05, 0.1) is 29.7 Å². The van der Waals surface area contributed by atoms with Crippen molar-refractivity contribution in [3.05, 3.63) is 59.5 Å². The van der Waals surface area contributed by atoms with Crippen LogP contribution < -0.4 is 0 Å². The lowest BCUT2D eigenvalue weighted by Gasteiger charge is -2.32. The Morgan fingerprint density at radius 2 is 2.06 bits per heavy atom. The van der Waals surface area contributed by atoms with E-state index in [1.165, 1.54) is 16.6 Å². The van der Waals surface area contributed by atoms with Gasteiger partial charge in [0.2, 0.25) is 16.4 Å². The van der Waals surface area contributed by atoms with Crippen LogP contribution in [0.2, 0.25) is 0 Å². The summed E-state index contributed by atoms with van der Waals surface area (Å²) < 4.78 is 33.5. The van der Waals surface area contributed by atoms with Crippen LogP contribution in [-0.2, 0) is 26.2 Å². The molecule has 0 aliphatic carbocycles. The van der Waals surface area contributed by atoms with Gasteiger partial charge in [-0.15, -0.1) is 0 Å². The quantitative estimate of drug-likeness (QED) is 0.277. The average molecular weight is 474 g/mol. The first-order valence-electron chi connectivity index (χ1n) is 10.7. The summed E-state index contributed by atoms with van der Waals surface area (Å²) in [6.45, 7) is 3.00. The zero-order chi connectivity index (χ0) is 23.4. The maximum Gasteiger partial charge on any atom is 0.233 e. The fourth-order valence-electron chi connectivity index (χ4n) is 4.13. The van der Waals surface area contributed by atoms with E-state index in [0.717, 1.165) is 22.2 Å². The molecule has 3 heterocycles. The Morgan fingerprint density at radius 3 is 2.76 bits per heavy atom. The lowest BCUT2D eigenvalue weighted by Crippen LogP contribution is -2.44. The van der Waals surface area contributed by atoms with Crippen LogP contribution in [-0.4, -0.2) is 69.5 Å². The highest BCUT2D eigenvalue weighted by Crippen LogP contribution is 2.25. The summed E-state index contributed by atoms with van der Waals surface area (Å²) in [4.78, 5) is 15.6. The standard InChI is InChI=1S/C22H27N5O5S/c1-16-12-17(19-4-2-3-5-20(19)24-16)13-32-18-7-10-26(11-8-18)33(30,31)14-22(27(29)15-28)21-6-9-23-25-21/h2-6,9,12,15,18,22,29H,7-8,10-11,13-14H2,1H3,(H,23,25). The number of piperidine rings is 1. The fourth-order valence-corrected chi connectivity index (χ4v) is 5.83. The number of pyridine rings is 1. The second-order valence-electron chi connectivity index (χ2n) is 8.13. The number of nitrogens with zero attached hydrogens (tertiary/aromatic N) is 4. The number of sulfonamides is 1. The Labute approximate surface area is 192 Å². The number of benzene rings is 1. The molecule has 1 aliphatic rings. The number of aryl methyl sites for hydroxylation is 1. The number of para-hydroxylation sites is 1. The first-order valence-corrected chi connectivity index (χ1v) is 12.3. The van der Waals surface area contributed by atoms with Gasteiger partial charge >= 0.3 is 0 Å². The number of ether oxygens (including phenoxy) is 1. The van der Waals surface area contributed by atoms with Gasteiger partial charge in [-0.3, -0.25) is 20.1 Å². The number of carbonyl (C=O) groups is 1. The summed E-state index contributed by atoms with van der Waals surface area (Å²) in [5.74, 6) is -0.457. The third kappa shape index (κ3) is 5.38. The lowest BCUT2D eigenvalue weighted by atomic mass is 10.1. The Bertz CT molecular complexity index is 1190. The van der Waals surface area contributed by atoms with E-state index in [0.29, 0.717) is 37.6 Å². The summed E-state index contributed by atoms with van der Waals surface area (Å²) in [5.41, 5.74) is 3.18. The molecule has 0 spiro atoms. The van der Waals surface area contributed by atoms with E-state index in [1.54, 1.807) is 0 Å². The number of hydroxylamine groups is 2. The predicted molar refractivity (Wildman–Crippen MR) is 121 cm³/mol. The first-order chi connectivity index (χ1) is 15.9. The van der Waals surface area contributed by atoms with Crippen molar-refractivity contribution >= 4 is 27.3 Å². The molecule has 11 heteroatoms. The van der Waals surface area contributed by atoms with Gasteiger partial charge in [-0.2, -0.15) is 5.10 Å². The smallest absolute Gasteiger partial charge is 0.233 e. The van der Waals surface area contributed by atoms with Gasteiger partial charge in [-0.05, 0) is 43.5 Å². The maximum atomic E-state index is 13.0. The number of aromatic nitrogens is 3. The van der Waals surface area contributed by atoms with E-state index in [2.05, 4.69) is 15.2 Å². The fraction of sp³-hybridized carbons (Fsp3) is 0.409. The molecule has 2 aromatic heterocycles. The van der Waals surface area contributed by atoms with Gasteiger partial charge in [-0.25, -0.2) is 17.8 Å². The SMILES string of the molecule is Cc1cc(COC2CCN(S(=O)(=O)CC(c3cc[nH]n3)N(O)C=O)CC2)c2ccccc2n1. The van der Waals surface area contributed by atoms with Gasteiger partial charge in [0.25, 0.3) is 0 Å². The second-order valence-corrected chi connectivity index (χ2v) is 10.1. The number of fused-ring (bicyclic) bond motifs is 1. The molecule has 1 aliphatic heterocycles. The third-order valence-corrected chi connectivity index (χ3v) is 7.75. The number of hydrogen-bond donors (Lipinski definition) is 2. The second kappa shape index (κ2) is 9.96. The Kier molecular flexibility index (Phi) is 7.03. The highest BCUT2D eigenvalue weighted by molar-refractivity contribution is 7.89. The topological polar surface area (TPSA) is 129 Å². The van der Waals surface area contributed by atoms with E-state index in [1.807, 2.05) is 37.3 Å². The summed E-state index contributed by atoms with van der Waals surface area (Å²) in [6.07, 6.45) is 2.74. The normalized spacial score (nSPS) is 16.7. The molecule has 1 unspecified atom stereocenters. The van der Waals surface area contributed by atoms with Crippen LogP contribution in [0.25, 0.3) is 10.9 Å². The van der Waals surface area contributed by atoms with Crippen molar-refractivity contribution in [1.29, 1.82) is 0 Å². The van der Waals surface area contributed by atoms with Crippen LogP contribution in [0.3, 0.4) is 0 Å². The van der Waals surface area contributed by atoms with E-state index in [4.69, 9.17) is 4.74 Å². The van der Waals surface area contributed by atoms with Crippen molar-refractivity contribution in [1.82, 2.24) is 24.5 Å². The molecule has 3 aromatic rings. The summed E-state index contributed by atoms with van der Waals surface area (Å²) in [5, 5.41) is 17.7. The van der Waals surface area contributed by atoms with Gasteiger partial charge in [0.1, 0.15) is 6.04 Å². The molecule has 1 aromatic carbocycles. The number of nitrogens with one attached hydrogen (secondary N) is 1. The molecule has 1 fully saturated rings. The number of H-pyrrole nitrogens is 1. The van der Waals surface area contributed by atoms with E-state index < -0.39 is 21.8 Å². The molecule has 0 radical (unpaired) electrons. The van der Waals surface area contributed by atoms with Crippen LogP contribution in [0.5, 0.6) is 0 Å². The van der Waals surface area contributed by atoms with Crippen LogP contribution in [0.1, 0.15) is 35.8 Å². The number of amides is 1. The molecule has 1 saturated heterocycles. The Balaban J connectivity index is 1.36. The molecule has 1 atom stereocenters. The molecule has 2 N–H and O–H groups in total. The zero-order valence-electron chi connectivity index (χ0n) is 18.3. The van der Waals surface area contributed by atoms with E-state index in [9.17, 15) is 18.4 Å². The largest absolute Gasteiger partial charge is 0.373 e. The highest BCUT2D eigenvalue weighted by Gasteiger charge is 2.33. The van der Waals surface area contributed by atoms with Gasteiger partial charge in [-0.1, -0.05) is 18.2 Å². The molecule has 4 rings (SSSR count). The Morgan fingerprint density at radius 1 is 1.30 bits per heavy atom. The lowest BCUT2D eigenvalue weighted by molar-refractivity contribution is -0.159. The summed E-state index contributed by atoms with van der Waals surface area (Å²) >= 11 is 0. The van der Waals surface area contributed by atoms with Crippen molar-refractivity contribution in [2.75, 3.05) is 18.8 Å². The minimum absolute atomic E-state index is 0.0601. The van der Waals surface area contributed by atoms with E-state index in [-0.39, 0.29) is 18.2 Å². The van der Waals surface area contributed by atoms with Crippen LogP contribution >= 0.6 is 0 Å². The number of rotatable bonds is 9. The molecule has 33 heavy (non-hydrogen) atoms. The Hall–Kier alpha value is -2.86. The van der Waals surface area contributed by atoms with Crippen molar-refractivity contribution in [2.45, 2.75) is 38.5 Å². The van der Waals surface area contributed by atoms with Gasteiger partial charge in [0, 0.05) is 30.4 Å². The summed E-state index contributed by atoms with van der Waals surface area (Å²) in [7, 11) is -3.73. The monoisotopic (exact) mass is 473 g/mol. The molecular formula is C22H27N5O5S. The minimum Gasteiger partial charge on any atom is -0.373 e. The van der Waals surface area contributed by atoms with Crippen molar-refractivity contribution in [3.8, 4) is 0 Å². The number of carbonyl (C=O) groups excluding carboxylic acids is 1. The number of aromatic amines is 1. The average Bonchev–Trinajstić information content (AvgIpc) is 3.35. The van der Waals surface area contributed by atoms with Crippen LogP contribution in [0, 0.1) is 6.92 Å². The molecule has 10 nitrogen and oxygen atoms in total.